The number of carboxylic acid groups (broad SMARTS) is 2. The molecule has 0 aliphatic rings. The summed E-state index contributed by atoms with van der Waals surface area (Å²) >= 11 is 3.82. The van der Waals surface area contributed by atoms with Crippen LogP contribution in [0, 0.1) is 0 Å². The van der Waals surface area contributed by atoms with Crippen molar-refractivity contribution in [3.63, 3.8) is 0 Å². The quantitative estimate of drug-likeness (QED) is 0.126. The number of carbonyl (C=O) groups excluding carboxylic acids is 4. The van der Waals surface area contributed by atoms with Crippen LogP contribution in [0.1, 0.15) is 32.6 Å². The van der Waals surface area contributed by atoms with Gasteiger partial charge in [-0.15, -0.1) is 0 Å². The second-order valence-corrected chi connectivity index (χ2v) is 6.80. The van der Waals surface area contributed by atoms with Crippen molar-refractivity contribution in [3.05, 3.63) is 0 Å². The Hall–Kier alpha value is -2.87. The van der Waals surface area contributed by atoms with Gasteiger partial charge in [0.1, 0.15) is 18.1 Å². The number of nitrogens with one attached hydrogen (secondary N) is 3. The van der Waals surface area contributed by atoms with E-state index in [0.717, 1.165) is 0 Å². The molecule has 0 aromatic heterocycles. The minimum atomic E-state index is -1.37. The van der Waals surface area contributed by atoms with Gasteiger partial charge in [0.15, 0.2) is 0 Å². The van der Waals surface area contributed by atoms with E-state index in [2.05, 4.69) is 28.6 Å². The van der Waals surface area contributed by atoms with Gasteiger partial charge in [0.05, 0.1) is 6.04 Å². The van der Waals surface area contributed by atoms with Gasteiger partial charge in [-0.3, -0.25) is 24.0 Å². The Kier molecular flexibility index (Phi) is 12.1. The summed E-state index contributed by atoms with van der Waals surface area (Å²) in [6.07, 6.45) is -1.31. The predicted octanol–water partition coefficient (Wildman–Crippen LogP) is -3.07. The minimum Gasteiger partial charge on any atom is -0.481 e. The fourth-order valence-corrected chi connectivity index (χ4v) is 2.37. The second kappa shape index (κ2) is 13.4. The molecule has 0 saturated carbocycles. The van der Waals surface area contributed by atoms with E-state index in [1.54, 1.807) is 0 Å². The lowest BCUT2D eigenvalue weighted by atomic mass is 10.1. The molecule has 0 heterocycles. The third-order valence-corrected chi connectivity index (χ3v) is 4.17. The molecule has 4 amide bonds. The number of hydrogen-bond acceptors (Lipinski definition) is 8. The van der Waals surface area contributed by atoms with Crippen molar-refractivity contribution in [2.24, 2.45) is 11.5 Å². The van der Waals surface area contributed by atoms with Gasteiger partial charge in [-0.05, 0) is 19.8 Å². The van der Waals surface area contributed by atoms with Gasteiger partial charge in [-0.1, -0.05) is 0 Å². The Balaban J connectivity index is 5.43. The summed E-state index contributed by atoms with van der Waals surface area (Å²) in [6, 6.07) is -5.03. The van der Waals surface area contributed by atoms with Gasteiger partial charge < -0.3 is 37.6 Å². The predicted molar refractivity (Wildman–Crippen MR) is 106 cm³/mol. The average molecular weight is 449 g/mol. The first kappa shape index (κ1) is 27.1. The molecular formula is C16H27N5O8S. The molecule has 170 valence electrons. The van der Waals surface area contributed by atoms with Crippen LogP contribution in [0.4, 0.5) is 0 Å². The number of thiol groups is 1. The number of nitrogens with two attached hydrogens (primary N) is 2. The van der Waals surface area contributed by atoms with Crippen LogP contribution in [0.15, 0.2) is 0 Å². The van der Waals surface area contributed by atoms with Gasteiger partial charge in [0.2, 0.25) is 23.6 Å². The third-order valence-electron chi connectivity index (χ3n) is 3.80. The van der Waals surface area contributed by atoms with E-state index in [9.17, 15) is 28.8 Å². The Bertz CT molecular complexity index is 672. The lowest BCUT2D eigenvalue weighted by Gasteiger charge is -2.24. The number of carbonyl (C=O) groups is 6. The highest BCUT2D eigenvalue weighted by atomic mass is 32.1. The fraction of sp³-hybridized carbons (Fsp3) is 0.625. The molecule has 0 radical (unpaired) electrons. The van der Waals surface area contributed by atoms with Crippen molar-refractivity contribution >= 4 is 48.2 Å². The first-order valence-electron chi connectivity index (χ1n) is 8.89. The van der Waals surface area contributed by atoms with Crippen LogP contribution in [0.25, 0.3) is 0 Å². The standard InChI is InChI=1S/C16H27N5O8S/c1-7(17)13(25)19-9(3-5-12(23)24)14(26)20-8(2-4-11(18)22)15(27)21-10(6-30)16(28)29/h7-10,30H,2-6,17H2,1H3,(H2,18,22)(H,19,25)(H,20,26)(H,21,27)(H,23,24)(H,28,29). The summed E-state index contributed by atoms with van der Waals surface area (Å²) in [7, 11) is 0. The third kappa shape index (κ3) is 10.6. The van der Waals surface area contributed by atoms with E-state index in [-0.39, 0.29) is 25.0 Å². The molecule has 0 spiro atoms. The topological polar surface area (TPSA) is 231 Å². The molecule has 9 N–H and O–H groups in total. The average Bonchev–Trinajstić information content (AvgIpc) is 2.64. The molecule has 0 aromatic rings. The molecule has 14 heteroatoms. The van der Waals surface area contributed by atoms with Crippen molar-refractivity contribution in [1.29, 1.82) is 0 Å². The van der Waals surface area contributed by atoms with E-state index in [4.69, 9.17) is 21.7 Å². The van der Waals surface area contributed by atoms with Crippen molar-refractivity contribution < 1.29 is 39.0 Å². The monoisotopic (exact) mass is 449 g/mol. The van der Waals surface area contributed by atoms with Gasteiger partial charge in [-0.2, -0.15) is 12.6 Å². The zero-order chi connectivity index (χ0) is 23.4. The summed E-state index contributed by atoms with van der Waals surface area (Å²) < 4.78 is 0. The Morgan fingerprint density at radius 3 is 1.63 bits per heavy atom. The molecule has 0 aromatic carbocycles. The molecule has 0 rings (SSSR count). The maximum Gasteiger partial charge on any atom is 0.327 e. The van der Waals surface area contributed by atoms with Crippen molar-refractivity contribution in [3.8, 4) is 0 Å². The Morgan fingerprint density at radius 2 is 1.27 bits per heavy atom. The number of aliphatic carboxylic acids is 2. The first-order chi connectivity index (χ1) is 13.9. The molecule has 0 saturated heterocycles. The molecule has 0 bridgehead atoms. The number of amides is 4. The maximum absolute atomic E-state index is 12.6. The number of rotatable bonds is 14. The number of carboxylic acids is 2. The van der Waals surface area contributed by atoms with E-state index in [0.29, 0.717) is 0 Å². The van der Waals surface area contributed by atoms with Crippen LogP contribution in [-0.4, -0.2) is 75.7 Å². The van der Waals surface area contributed by atoms with Crippen molar-refractivity contribution in [2.45, 2.75) is 56.8 Å². The van der Waals surface area contributed by atoms with Crippen LogP contribution in [-0.2, 0) is 28.8 Å². The molecule has 13 nitrogen and oxygen atoms in total. The van der Waals surface area contributed by atoms with E-state index >= 15 is 0 Å². The van der Waals surface area contributed by atoms with E-state index in [1.165, 1.54) is 6.92 Å². The Labute approximate surface area is 177 Å². The highest BCUT2D eigenvalue weighted by molar-refractivity contribution is 7.80. The summed E-state index contributed by atoms with van der Waals surface area (Å²) in [5, 5.41) is 24.6. The fourth-order valence-electron chi connectivity index (χ4n) is 2.13. The molecule has 4 unspecified atom stereocenters. The minimum absolute atomic E-state index is 0.233. The van der Waals surface area contributed by atoms with Crippen LogP contribution < -0.4 is 27.4 Å². The second-order valence-electron chi connectivity index (χ2n) is 6.43. The smallest absolute Gasteiger partial charge is 0.327 e. The summed E-state index contributed by atoms with van der Waals surface area (Å²) in [4.78, 5) is 69.8. The highest BCUT2D eigenvalue weighted by Crippen LogP contribution is 2.04. The molecule has 30 heavy (non-hydrogen) atoms. The summed E-state index contributed by atoms with van der Waals surface area (Å²) in [5.74, 6) is -6.12. The zero-order valence-electron chi connectivity index (χ0n) is 16.3. The normalized spacial score (nSPS) is 14.5. The molecule has 0 aliphatic heterocycles. The van der Waals surface area contributed by atoms with Crippen LogP contribution in [0.5, 0.6) is 0 Å². The zero-order valence-corrected chi connectivity index (χ0v) is 17.2. The van der Waals surface area contributed by atoms with E-state index in [1.807, 2.05) is 0 Å². The van der Waals surface area contributed by atoms with Crippen molar-refractivity contribution in [2.75, 3.05) is 5.75 Å². The molecule has 0 fully saturated rings. The molecule has 4 atom stereocenters. The van der Waals surface area contributed by atoms with Gasteiger partial charge in [-0.25, -0.2) is 4.79 Å². The summed E-state index contributed by atoms with van der Waals surface area (Å²) in [6.45, 7) is 1.36. The lowest BCUT2D eigenvalue weighted by molar-refractivity contribution is -0.141. The number of hydrogen-bond donors (Lipinski definition) is 8. The van der Waals surface area contributed by atoms with Gasteiger partial charge >= 0.3 is 11.9 Å². The van der Waals surface area contributed by atoms with Crippen LogP contribution in [0.2, 0.25) is 0 Å². The number of primary amides is 1. The maximum atomic E-state index is 12.6. The first-order valence-corrected chi connectivity index (χ1v) is 9.52. The lowest BCUT2D eigenvalue weighted by Crippen LogP contribution is -2.57. The largest absolute Gasteiger partial charge is 0.481 e. The van der Waals surface area contributed by atoms with Crippen molar-refractivity contribution in [1.82, 2.24) is 16.0 Å². The molecule has 0 aliphatic carbocycles. The molecular weight excluding hydrogens is 422 g/mol. The van der Waals surface area contributed by atoms with Crippen LogP contribution >= 0.6 is 12.6 Å². The van der Waals surface area contributed by atoms with Gasteiger partial charge in [0.25, 0.3) is 0 Å². The Morgan fingerprint density at radius 1 is 0.833 bits per heavy atom. The van der Waals surface area contributed by atoms with Gasteiger partial charge in [0, 0.05) is 18.6 Å². The van der Waals surface area contributed by atoms with Crippen LogP contribution in [0.3, 0.4) is 0 Å². The summed E-state index contributed by atoms with van der Waals surface area (Å²) in [5.41, 5.74) is 10.5. The van der Waals surface area contributed by atoms with E-state index < -0.39 is 66.2 Å². The SMILES string of the molecule is CC(N)C(=O)NC(CCC(=O)O)C(=O)NC(CCC(N)=O)C(=O)NC(CS)C(=O)O. The highest BCUT2D eigenvalue weighted by Gasteiger charge is 2.30.